The summed E-state index contributed by atoms with van der Waals surface area (Å²) in [6, 6.07) is 0.954. The second kappa shape index (κ2) is 8.48. The molecule has 6 heteroatoms. The maximum atomic E-state index is 12.5. The van der Waals surface area contributed by atoms with Crippen molar-refractivity contribution >= 4 is 11.8 Å². The van der Waals surface area contributed by atoms with Crippen LogP contribution in [-0.2, 0) is 14.3 Å². The quantitative estimate of drug-likeness (QED) is 0.678. The smallest absolute Gasteiger partial charge is 0.225 e. The zero-order valence-electron chi connectivity index (χ0n) is 16.8. The summed E-state index contributed by atoms with van der Waals surface area (Å²) in [5.74, 6) is 1.28. The van der Waals surface area contributed by atoms with Crippen LogP contribution in [0, 0.1) is 11.8 Å². The van der Waals surface area contributed by atoms with Crippen LogP contribution in [0.1, 0.15) is 51.4 Å². The number of carbonyl (C=O) groups excluding carboxylic acids is 2. The van der Waals surface area contributed by atoms with Gasteiger partial charge < -0.3 is 14.5 Å². The van der Waals surface area contributed by atoms with E-state index >= 15 is 0 Å². The van der Waals surface area contributed by atoms with Crippen LogP contribution >= 0.6 is 0 Å². The summed E-state index contributed by atoms with van der Waals surface area (Å²) >= 11 is 0. The predicted molar refractivity (Wildman–Crippen MR) is 103 cm³/mol. The molecule has 2 aliphatic carbocycles. The fraction of sp³-hybridized carbons (Fsp3) is 0.905. The van der Waals surface area contributed by atoms with E-state index in [4.69, 9.17) is 4.74 Å². The molecule has 2 saturated carbocycles. The summed E-state index contributed by atoms with van der Waals surface area (Å²) in [4.78, 5) is 31.6. The van der Waals surface area contributed by atoms with Crippen LogP contribution in [0.15, 0.2) is 0 Å². The normalized spacial score (nSPS) is 27.0. The van der Waals surface area contributed by atoms with Gasteiger partial charge in [-0.05, 0) is 44.9 Å². The Kier molecular flexibility index (Phi) is 6.02. The first-order chi connectivity index (χ1) is 13.1. The van der Waals surface area contributed by atoms with E-state index in [0.29, 0.717) is 29.8 Å². The van der Waals surface area contributed by atoms with Gasteiger partial charge in [0.2, 0.25) is 11.8 Å². The standard InChI is InChI=1S/C21H35N3O3/c1-22(20(25)16-3-2-4-16)11-12-24(18-8-13-27-14-9-18)19-7-10-23(15-19)21(26)17-5-6-17/h16-19H,2-15H2,1H3. The van der Waals surface area contributed by atoms with Gasteiger partial charge in [-0.1, -0.05) is 6.42 Å². The molecule has 1 unspecified atom stereocenters. The second-order valence-corrected chi connectivity index (χ2v) is 8.97. The van der Waals surface area contributed by atoms with Gasteiger partial charge >= 0.3 is 0 Å². The minimum Gasteiger partial charge on any atom is -0.381 e. The molecule has 0 spiro atoms. The molecule has 4 fully saturated rings. The summed E-state index contributed by atoms with van der Waals surface area (Å²) in [7, 11) is 1.96. The first-order valence-electron chi connectivity index (χ1n) is 11.0. The predicted octanol–water partition coefficient (Wildman–Crippen LogP) is 1.74. The molecule has 4 aliphatic rings. The Morgan fingerprint density at radius 3 is 2.30 bits per heavy atom. The fourth-order valence-electron chi connectivity index (χ4n) is 4.82. The summed E-state index contributed by atoms with van der Waals surface area (Å²) in [6.07, 6.45) is 8.68. The molecular weight excluding hydrogens is 342 g/mol. The van der Waals surface area contributed by atoms with Crippen LogP contribution in [0.4, 0.5) is 0 Å². The van der Waals surface area contributed by atoms with E-state index in [1.165, 1.54) is 6.42 Å². The number of nitrogens with zero attached hydrogens (tertiary/aromatic N) is 3. The Morgan fingerprint density at radius 1 is 0.926 bits per heavy atom. The highest BCUT2D eigenvalue weighted by atomic mass is 16.5. The molecule has 2 saturated heterocycles. The molecule has 0 radical (unpaired) electrons. The third-order valence-electron chi connectivity index (χ3n) is 7.05. The molecule has 0 aromatic carbocycles. The highest BCUT2D eigenvalue weighted by Gasteiger charge is 2.39. The molecule has 152 valence electrons. The molecule has 0 aromatic heterocycles. The Morgan fingerprint density at radius 2 is 1.67 bits per heavy atom. The highest BCUT2D eigenvalue weighted by molar-refractivity contribution is 5.81. The van der Waals surface area contributed by atoms with E-state index in [1.54, 1.807) is 0 Å². The highest BCUT2D eigenvalue weighted by Crippen LogP contribution is 2.33. The zero-order valence-corrected chi connectivity index (χ0v) is 16.8. The Hall–Kier alpha value is -1.14. The molecule has 0 bridgehead atoms. The van der Waals surface area contributed by atoms with Crippen molar-refractivity contribution in [2.75, 3.05) is 46.4 Å². The van der Waals surface area contributed by atoms with Crippen LogP contribution in [0.3, 0.4) is 0 Å². The van der Waals surface area contributed by atoms with Gasteiger partial charge in [-0.3, -0.25) is 14.5 Å². The van der Waals surface area contributed by atoms with Gasteiger partial charge in [-0.15, -0.1) is 0 Å². The van der Waals surface area contributed by atoms with Gasteiger partial charge in [-0.2, -0.15) is 0 Å². The van der Waals surface area contributed by atoms with Crippen molar-refractivity contribution < 1.29 is 14.3 Å². The molecule has 2 heterocycles. The van der Waals surface area contributed by atoms with Gasteiger partial charge in [0.15, 0.2) is 0 Å². The van der Waals surface area contributed by atoms with E-state index in [0.717, 1.165) is 84.3 Å². The topological polar surface area (TPSA) is 53.1 Å². The van der Waals surface area contributed by atoms with Gasteiger partial charge in [0.25, 0.3) is 0 Å². The molecule has 6 nitrogen and oxygen atoms in total. The lowest BCUT2D eigenvalue weighted by Crippen LogP contribution is -2.50. The monoisotopic (exact) mass is 377 g/mol. The van der Waals surface area contributed by atoms with E-state index in [1.807, 2.05) is 11.9 Å². The fourth-order valence-corrected chi connectivity index (χ4v) is 4.82. The van der Waals surface area contributed by atoms with Crippen LogP contribution in [0.25, 0.3) is 0 Å². The van der Waals surface area contributed by atoms with Crippen molar-refractivity contribution in [3.05, 3.63) is 0 Å². The maximum Gasteiger partial charge on any atom is 0.225 e. The number of ether oxygens (including phenoxy) is 1. The van der Waals surface area contributed by atoms with Crippen molar-refractivity contribution in [3.63, 3.8) is 0 Å². The van der Waals surface area contributed by atoms with Gasteiger partial charge in [0, 0.05) is 70.4 Å². The molecule has 4 rings (SSSR count). The van der Waals surface area contributed by atoms with Crippen LogP contribution in [-0.4, -0.2) is 85.0 Å². The first-order valence-corrected chi connectivity index (χ1v) is 11.0. The summed E-state index contributed by atoms with van der Waals surface area (Å²) < 4.78 is 5.57. The van der Waals surface area contributed by atoms with Crippen LogP contribution in [0.5, 0.6) is 0 Å². The third kappa shape index (κ3) is 4.48. The van der Waals surface area contributed by atoms with Crippen molar-refractivity contribution in [1.29, 1.82) is 0 Å². The zero-order chi connectivity index (χ0) is 18.8. The molecular formula is C21H35N3O3. The minimum absolute atomic E-state index is 0.268. The number of hydrogen-bond donors (Lipinski definition) is 0. The van der Waals surface area contributed by atoms with Gasteiger partial charge in [0.05, 0.1) is 0 Å². The number of hydrogen-bond acceptors (Lipinski definition) is 4. The van der Waals surface area contributed by atoms with Crippen molar-refractivity contribution in [1.82, 2.24) is 14.7 Å². The van der Waals surface area contributed by atoms with E-state index in [-0.39, 0.29) is 5.92 Å². The van der Waals surface area contributed by atoms with Crippen LogP contribution < -0.4 is 0 Å². The van der Waals surface area contributed by atoms with Gasteiger partial charge in [-0.25, -0.2) is 0 Å². The largest absolute Gasteiger partial charge is 0.381 e. The molecule has 27 heavy (non-hydrogen) atoms. The van der Waals surface area contributed by atoms with Gasteiger partial charge in [0.1, 0.15) is 0 Å². The average Bonchev–Trinajstić information content (AvgIpc) is 3.38. The van der Waals surface area contributed by atoms with Crippen molar-refractivity contribution in [2.45, 2.75) is 63.5 Å². The third-order valence-corrected chi connectivity index (χ3v) is 7.05. The summed E-state index contributed by atoms with van der Waals surface area (Å²) in [5.41, 5.74) is 0. The molecule has 0 N–H and O–H groups in total. The number of rotatable bonds is 7. The lowest BCUT2D eigenvalue weighted by atomic mass is 9.84. The Balaban J connectivity index is 1.35. The molecule has 2 amide bonds. The Bertz CT molecular complexity index is 541. The maximum absolute atomic E-state index is 12.5. The number of amides is 2. The van der Waals surface area contributed by atoms with Crippen molar-refractivity contribution in [3.8, 4) is 0 Å². The lowest BCUT2D eigenvalue weighted by molar-refractivity contribution is -0.137. The summed E-state index contributed by atoms with van der Waals surface area (Å²) in [5, 5.41) is 0. The van der Waals surface area contributed by atoms with Crippen molar-refractivity contribution in [2.24, 2.45) is 11.8 Å². The number of likely N-dealkylation sites (tertiary alicyclic amines) is 1. The lowest BCUT2D eigenvalue weighted by Gasteiger charge is -2.39. The minimum atomic E-state index is 0.268. The number of carbonyl (C=O) groups is 2. The van der Waals surface area contributed by atoms with E-state index < -0.39 is 0 Å². The molecule has 1 atom stereocenters. The SMILES string of the molecule is CN(CCN(C1CCOCC1)C1CCN(C(=O)C2CC2)C1)C(=O)C1CCC1. The number of likely N-dealkylation sites (N-methyl/N-ethyl adjacent to an activating group) is 1. The first kappa shape index (κ1) is 19.2. The van der Waals surface area contributed by atoms with E-state index in [2.05, 4.69) is 9.80 Å². The Labute approximate surface area is 163 Å². The summed E-state index contributed by atoms with van der Waals surface area (Å²) in [6.45, 7) is 5.13. The van der Waals surface area contributed by atoms with E-state index in [9.17, 15) is 9.59 Å². The second-order valence-electron chi connectivity index (χ2n) is 8.97. The average molecular weight is 378 g/mol. The van der Waals surface area contributed by atoms with Crippen LogP contribution in [0.2, 0.25) is 0 Å². The molecule has 2 aliphatic heterocycles. The molecule has 0 aromatic rings.